The number of amidine groups is 1. The Morgan fingerprint density at radius 1 is 1.33 bits per heavy atom. The molecule has 0 bridgehead atoms. The summed E-state index contributed by atoms with van der Waals surface area (Å²) in [6.45, 7) is 2.29. The average Bonchev–Trinajstić information content (AvgIpc) is 2.81. The Morgan fingerprint density at radius 2 is 2.17 bits per heavy atom. The van der Waals surface area contributed by atoms with E-state index < -0.39 is 0 Å². The first-order chi connectivity index (χ1) is 8.65. The second-order valence-electron chi connectivity index (χ2n) is 4.37. The van der Waals surface area contributed by atoms with Crippen molar-refractivity contribution >= 4 is 27.5 Å². The van der Waals surface area contributed by atoms with Crippen LogP contribution in [-0.4, -0.2) is 18.3 Å². The van der Waals surface area contributed by atoms with E-state index in [0.717, 1.165) is 33.7 Å². The van der Waals surface area contributed by atoms with Gasteiger partial charge < -0.3 is 15.2 Å². The van der Waals surface area contributed by atoms with Crippen LogP contribution < -0.4 is 15.2 Å². The zero-order valence-corrected chi connectivity index (χ0v) is 11.4. The molecule has 0 aromatic heterocycles. The second-order valence-corrected chi connectivity index (χ2v) is 5.22. The number of ether oxygens (including phenoxy) is 2. The molecule has 6 heteroatoms. The highest BCUT2D eigenvalue weighted by molar-refractivity contribution is 9.10. The third kappa shape index (κ3) is 1.86. The molecule has 3 rings (SSSR count). The molecule has 2 aliphatic rings. The number of halogens is 1. The maximum atomic E-state index is 5.73. The summed E-state index contributed by atoms with van der Waals surface area (Å²) in [5.41, 5.74) is 7.62. The molecule has 1 unspecified atom stereocenters. The Morgan fingerprint density at radius 3 is 2.94 bits per heavy atom. The molecular formula is C12H12BrN3O2. The van der Waals surface area contributed by atoms with E-state index in [-0.39, 0.29) is 12.7 Å². The number of benzene rings is 1. The van der Waals surface area contributed by atoms with Crippen LogP contribution in [0.2, 0.25) is 0 Å². The van der Waals surface area contributed by atoms with Crippen molar-refractivity contribution in [1.29, 1.82) is 0 Å². The molecule has 5 nitrogen and oxygen atoms in total. The smallest absolute Gasteiger partial charge is 0.231 e. The topological polar surface area (TPSA) is 69.2 Å². The fourth-order valence-electron chi connectivity index (χ4n) is 1.96. The number of hydrogen-bond acceptors (Lipinski definition) is 5. The normalized spacial score (nSPS) is 21.6. The molecule has 0 aliphatic carbocycles. The quantitative estimate of drug-likeness (QED) is 0.865. The van der Waals surface area contributed by atoms with Crippen LogP contribution >= 0.6 is 15.9 Å². The van der Waals surface area contributed by atoms with Crippen LogP contribution in [0.15, 0.2) is 26.8 Å². The fraction of sp³-hybridized carbons (Fsp3) is 0.333. The molecule has 0 radical (unpaired) electrons. The number of nitrogens with two attached hydrogens (primary N) is 1. The molecule has 0 fully saturated rings. The maximum absolute atomic E-state index is 5.73. The van der Waals surface area contributed by atoms with E-state index >= 15 is 0 Å². The third-order valence-electron chi connectivity index (χ3n) is 3.05. The lowest BCUT2D eigenvalue weighted by Crippen LogP contribution is -2.26. The van der Waals surface area contributed by atoms with Crippen LogP contribution in [0.4, 0.5) is 0 Å². The molecule has 0 amide bonds. The van der Waals surface area contributed by atoms with Gasteiger partial charge in [-0.15, -0.1) is 5.10 Å². The van der Waals surface area contributed by atoms with Gasteiger partial charge in [0, 0.05) is 17.9 Å². The van der Waals surface area contributed by atoms with Gasteiger partial charge in [0.05, 0.1) is 10.2 Å². The van der Waals surface area contributed by atoms with Gasteiger partial charge in [0.25, 0.3) is 0 Å². The largest absolute Gasteiger partial charge is 0.454 e. The van der Waals surface area contributed by atoms with Crippen molar-refractivity contribution in [3.63, 3.8) is 0 Å². The molecule has 2 heterocycles. The van der Waals surface area contributed by atoms with Gasteiger partial charge in [0.15, 0.2) is 11.5 Å². The minimum Gasteiger partial charge on any atom is -0.454 e. The molecule has 0 saturated carbocycles. The highest BCUT2D eigenvalue weighted by Crippen LogP contribution is 2.40. The van der Waals surface area contributed by atoms with E-state index in [1.54, 1.807) is 0 Å². The standard InChI is InChI=1S/C12H12BrN3O2/c1-6-2-9(15-16-12(6)14)7-3-8(13)11-10(4-7)17-5-18-11/h3-4,6H,2,5H2,1H3,(H2,14,16). The first kappa shape index (κ1) is 11.5. The van der Waals surface area contributed by atoms with Crippen molar-refractivity contribution in [2.45, 2.75) is 13.3 Å². The molecular weight excluding hydrogens is 298 g/mol. The zero-order chi connectivity index (χ0) is 12.7. The van der Waals surface area contributed by atoms with E-state index in [9.17, 15) is 0 Å². The van der Waals surface area contributed by atoms with E-state index in [1.807, 2.05) is 19.1 Å². The number of nitrogens with zero attached hydrogens (tertiary/aromatic N) is 2. The Kier molecular flexibility index (Phi) is 2.74. The number of fused-ring (bicyclic) bond motifs is 1. The van der Waals surface area contributed by atoms with Crippen LogP contribution in [0.5, 0.6) is 11.5 Å². The van der Waals surface area contributed by atoms with Crippen LogP contribution in [0.1, 0.15) is 18.9 Å². The lowest BCUT2D eigenvalue weighted by atomic mass is 9.97. The van der Waals surface area contributed by atoms with Crippen LogP contribution in [0, 0.1) is 5.92 Å². The number of rotatable bonds is 1. The van der Waals surface area contributed by atoms with Crippen molar-refractivity contribution in [3.8, 4) is 11.5 Å². The minimum atomic E-state index is 0.210. The molecule has 0 saturated heterocycles. The molecule has 1 aromatic rings. The molecule has 18 heavy (non-hydrogen) atoms. The predicted octanol–water partition coefficient (Wildman–Crippen LogP) is 2.28. The first-order valence-electron chi connectivity index (χ1n) is 5.64. The van der Waals surface area contributed by atoms with Crippen molar-refractivity contribution < 1.29 is 9.47 Å². The van der Waals surface area contributed by atoms with Gasteiger partial charge >= 0.3 is 0 Å². The molecule has 2 N–H and O–H groups in total. The SMILES string of the molecule is CC1CC(c2cc(Br)c3c(c2)OCO3)=NN=C1N. The highest BCUT2D eigenvalue weighted by atomic mass is 79.9. The van der Waals surface area contributed by atoms with Gasteiger partial charge in [-0.2, -0.15) is 5.10 Å². The van der Waals surface area contributed by atoms with Crippen LogP contribution in [0.25, 0.3) is 0 Å². The van der Waals surface area contributed by atoms with E-state index in [4.69, 9.17) is 15.2 Å². The maximum Gasteiger partial charge on any atom is 0.231 e. The van der Waals surface area contributed by atoms with E-state index in [2.05, 4.69) is 26.1 Å². The highest BCUT2D eigenvalue weighted by Gasteiger charge is 2.22. The molecule has 94 valence electrons. The van der Waals surface area contributed by atoms with Gasteiger partial charge in [-0.25, -0.2) is 0 Å². The second kappa shape index (κ2) is 4.28. The van der Waals surface area contributed by atoms with Crippen molar-refractivity contribution in [2.24, 2.45) is 21.9 Å². The van der Waals surface area contributed by atoms with Gasteiger partial charge in [0.2, 0.25) is 6.79 Å². The van der Waals surface area contributed by atoms with E-state index in [0.29, 0.717) is 5.84 Å². The monoisotopic (exact) mass is 309 g/mol. The van der Waals surface area contributed by atoms with Crippen molar-refractivity contribution in [1.82, 2.24) is 0 Å². The molecule has 2 aliphatic heterocycles. The summed E-state index contributed by atoms with van der Waals surface area (Å²) in [5.74, 6) is 2.27. The summed E-state index contributed by atoms with van der Waals surface area (Å²) in [4.78, 5) is 0. The molecule has 1 aromatic carbocycles. The Bertz CT molecular complexity index is 569. The minimum absolute atomic E-state index is 0.210. The van der Waals surface area contributed by atoms with Crippen molar-refractivity contribution in [2.75, 3.05) is 6.79 Å². The van der Waals surface area contributed by atoms with E-state index in [1.165, 1.54) is 0 Å². The van der Waals surface area contributed by atoms with Crippen LogP contribution in [-0.2, 0) is 0 Å². The third-order valence-corrected chi connectivity index (χ3v) is 3.64. The molecule has 0 spiro atoms. The Balaban J connectivity index is 2.01. The Hall–Kier alpha value is -1.56. The lowest BCUT2D eigenvalue weighted by molar-refractivity contribution is 0.173. The fourth-order valence-corrected chi connectivity index (χ4v) is 2.52. The summed E-state index contributed by atoms with van der Waals surface area (Å²) >= 11 is 3.47. The lowest BCUT2D eigenvalue weighted by Gasteiger charge is -2.16. The summed E-state index contributed by atoms with van der Waals surface area (Å²) < 4.78 is 11.6. The summed E-state index contributed by atoms with van der Waals surface area (Å²) in [7, 11) is 0. The van der Waals surface area contributed by atoms with Gasteiger partial charge in [-0.1, -0.05) is 6.92 Å². The summed E-state index contributed by atoms with van der Waals surface area (Å²) in [6.07, 6.45) is 0.779. The number of hydrogen-bond donors (Lipinski definition) is 1. The zero-order valence-electron chi connectivity index (χ0n) is 9.81. The van der Waals surface area contributed by atoms with Gasteiger partial charge in [0.1, 0.15) is 5.84 Å². The average molecular weight is 310 g/mol. The summed E-state index contributed by atoms with van der Waals surface area (Å²) in [5, 5.41) is 8.15. The molecule has 1 atom stereocenters. The Labute approximate surface area is 113 Å². The van der Waals surface area contributed by atoms with Crippen LogP contribution in [0.3, 0.4) is 0 Å². The van der Waals surface area contributed by atoms with Crippen molar-refractivity contribution in [3.05, 3.63) is 22.2 Å². The summed E-state index contributed by atoms with van der Waals surface area (Å²) in [6, 6.07) is 3.89. The van der Waals surface area contributed by atoms with Gasteiger partial charge in [-0.05, 0) is 28.1 Å². The predicted molar refractivity (Wildman–Crippen MR) is 72.2 cm³/mol. The van der Waals surface area contributed by atoms with Gasteiger partial charge in [-0.3, -0.25) is 0 Å². The first-order valence-corrected chi connectivity index (χ1v) is 6.44.